The smallest absolute Gasteiger partial charge is 0.168 e. The predicted molar refractivity (Wildman–Crippen MR) is 65.4 cm³/mol. The minimum Gasteiger partial charge on any atom is -0.294 e. The predicted octanol–water partition coefficient (Wildman–Crippen LogP) is 4.01. The van der Waals surface area contributed by atoms with Crippen LogP contribution in [0.4, 0.5) is 0 Å². The van der Waals surface area contributed by atoms with Crippen molar-refractivity contribution in [3.8, 4) is 0 Å². The van der Waals surface area contributed by atoms with Crippen LogP contribution in [-0.4, -0.2) is 5.78 Å². The van der Waals surface area contributed by atoms with Crippen LogP contribution in [0.25, 0.3) is 0 Å². The average molecular weight is 257 g/mol. The number of Topliss-reactive ketones (excluding diaryl/α,β-unsaturated/α-hetero) is 1. The lowest BCUT2D eigenvalue weighted by molar-refractivity contribution is -0.122. The Bertz CT molecular complexity index is 286. The Morgan fingerprint density at radius 3 is 2.14 bits per heavy atom. The van der Waals surface area contributed by atoms with Crippen LogP contribution in [-0.2, 0) is 4.79 Å². The summed E-state index contributed by atoms with van der Waals surface area (Å²) in [6.45, 7) is 11.2. The van der Waals surface area contributed by atoms with Crippen LogP contribution < -0.4 is 0 Å². The standard InChI is InChI=1S/C12H17BrO/c1-6-7-10(8-9(2)13)11(14)12(3,4)5/h6-8H,1H2,2-5H3/b9-8+,10-7+. The minimum atomic E-state index is -0.353. The number of ketones is 1. The van der Waals surface area contributed by atoms with E-state index >= 15 is 0 Å². The third kappa shape index (κ3) is 4.56. The summed E-state index contributed by atoms with van der Waals surface area (Å²) in [6, 6.07) is 0. The number of carbonyl (C=O) groups is 1. The van der Waals surface area contributed by atoms with E-state index in [-0.39, 0.29) is 11.2 Å². The van der Waals surface area contributed by atoms with E-state index in [0.29, 0.717) is 5.57 Å². The molecule has 0 saturated heterocycles. The van der Waals surface area contributed by atoms with Gasteiger partial charge in [0.25, 0.3) is 0 Å². The minimum absolute atomic E-state index is 0.121. The topological polar surface area (TPSA) is 17.1 Å². The molecule has 0 radical (unpaired) electrons. The molecule has 0 atom stereocenters. The molecule has 0 fully saturated rings. The highest BCUT2D eigenvalue weighted by Crippen LogP contribution is 2.22. The summed E-state index contributed by atoms with van der Waals surface area (Å²) in [5, 5.41) is 0. The molecule has 0 heterocycles. The zero-order chi connectivity index (χ0) is 11.4. The molecular weight excluding hydrogens is 240 g/mol. The second-order valence-corrected chi connectivity index (χ2v) is 5.42. The van der Waals surface area contributed by atoms with E-state index in [9.17, 15) is 4.79 Å². The van der Waals surface area contributed by atoms with Crippen LogP contribution in [0.2, 0.25) is 0 Å². The van der Waals surface area contributed by atoms with Crippen LogP contribution in [0.1, 0.15) is 27.7 Å². The van der Waals surface area contributed by atoms with Gasteiger partial charge in [0, 0.05) is 11.0 Å². The molecule has 0 saturated carbocycles. The van der Waals surface area contributed by atoms with Gasteiger partial charge in [-0.1, -0.05) is 55.4 Å². The van der Waals surface area contributed by atoms with Gasteiger partial charge in [-0.05, 0) is 17.5 Å². The highest BCUT2D eigenvalue weighted by atomic mass is 79.9. The third-order valence-electron chi connectivity index (χ3n) is 1.60. The summed E-state index contributed by atoms with van der Waals surface area (Å²) >= 11 is 3.31. The Hall–Kier alpha value is -0.630. The summed E-state index contributed by atoms with van der Waals surface area (Å²) in [5.41, 5.74) is 0.329. The van der Waals surface area contributed by atoms with Gasteiger partial charge in [-0.2, -0.15) is 0 Å². The molecule has 0 aromatic heterocycles. The molecule has 0 aliphatic heterocycles. The quantitative estimate of drug-likeness (QED) is 0.551. The summed E-state index contributed by atoms with van der Waals surface area (Å²) in [4.78, 5) is 11.9. The number of halogens is 1. The van der Waals surface area contributed by atoms with E-state index < -0.39 is 0 Å². The first-order valence-electron chi connectivity index (χ1n) is 4.50. The molecule has 0 aromatic rings. The maximum absolute atomic E-state index is 11.9. The van der Waals surface area contributed by atoms with Crippen molar-refractivity contribution in [1.29, 1.82) is 0 Å². The molecule has 0 amide bonds. The number of allylic oxidation sites excluding steroid dienone is 5. The molecular formula is C12H17BrO. The van der Waals surface area contributed by atoms with E-state index in [0.717, 1.165) is 4.48 Å². The zero-order valence-electron chi connectivity index (χ0n) is 9.23. The lowest BCUT2D eigenvalue weighted by Crippen LogP contribution is -2.21. The molecule has 0 aliphatic carbocycles. The van der Waals surface area contributed by atoms with Crippen molar-refractivity contribution in [2.75, 3.05) is 0 Å². The van der Waals surface area contributed by atoms with Gasteiger partial charge in [0.15, 0.2) is 5.78 Å². The molecule has 78 valence electrons. The number of hydrogen-bond donors (Lipinski definition) is 0. The lowest BCUT2D eigenvalue weighted by atomic mass is 9.86. The maximum atomic E-state index is 11.9. The fourth-order valence-electron chi connectivity index (χ4n) is 0.964. The molecule has 0 spiro atoms. The van der Waals surface area contributed by atoms with Gasteiger partial charge in [0.1, 0.15) is 0 Å². The summed E-state index contributed by atoms with van der Waals surface area (Å²) in [5.74, 6) is 0.121. The molecule has 0 aliphatic rings. The van der Waals surface area contributed by atoms with Gasteiger partial charge >= 0.3 is 0 Å². The first-order chi connectivity index (χ1) is 6.29. The summed E-state index contributed by atoms with van der Waals surface area (Å²) in [6.07, 6.45) is 5.18. The van der Waals surface area contributed by atoms with Crippen LogP contribution in [0.5, 0.6) is 0 Å². The normalized spacial score (nSPS) is 14.1. The van der Waals surface area contributed by atoms with E-state index in [4.69, 9.17) is 0 Å². The Morgan fingerprint density at radius 1 is 1.36 bits per heavy atom. The Morgan fingerprint density at radius 2 is 1.86 bits per heavy atom. The number of carbonyl (C=O) groups excluding carboxylic acids is 1. The summed E-state index contributed by atoms with van der Waals surface area (Å²) in [7, 11) is 0. The molecule has 0 N–H and O–H groups in total. The van der Waals surface area contributed by atoms with Gasteiger partial charge in [-0.3, -0.25) is 4.79 Å². The number of hydrogen-bond acceptors (Lipinski definition) is 1. The van der Waals surface area contributed by atoms with Gasteiger partial charge in [-0.25, -0.2) is 0 Å². The van der Waals surface area contributed by atoms with Crippen molar-refractivity contribution in [3.05, 3.63) is 34.9 Å². The molecule has 2 heteroatoms. The lowest BCUT2D eigenvalue weighted by Gasteiger charge is -2.17. The first kappa shape index (κ1) is 13.4. The third-order valence-corrected chi connectivity index (χ3v) is 1.82. The van der Waals surface area contributed by atoms with Crippen LogP contribution >= 0.6 is 15.9 Å². The van der Waals surface area contributed by atoms with Crippen molar-refractivity contribution in [3.63, 3.8) is 0 Å². The maximum Gasteiger partial charge on any atom is 0.168 e. The molecule has 1 nitrogen and oxygen atoms in total. The molecule has 0 aromatic carbocycles. The van der Waals surface area contributed by atoms with Gasteiger partial charge in [-0.15, -0.1) is 0 Å². The zero-order valence-corrected chi connectivity index (χ0v) is 10.8. The fraction of sp³-hybridized carbons (Fsp3) is 0.417. The van der Waals surface area contributed by atoms with Crippen molar-refractivity contribution >= 4 is 21.7 Å². The Kier molecular flexibility index (Phi) is 5.06. The molecule has 0 rings (SSSR count). The van der Waals surface area contributed by atoms with Gasteiger partial charge in [0.2, 0.25) is 0 Å². The first-order valence-corrected chi connectivity index (χ1v) is 5.29. The SMILES string of the molecule is C=C/C=C(\C=C(/C)Br)C(=O)C(C)(C)C. The molecule has 0 bridgehead atoms. The van der Waals surface area contributed by atoms with E-state index in [1.807, 2.05) is 33.8 Å². The van der Waals surface area contributed by atoms with Gasteiger partial charge < -0.3 is 0 Å². The number of rotatable bonds is 3. The Balaban J connectivity index is 5.07. The van der Waals surface area contributed by atoms with Crippen LogP contribution in [0, 0.1) is 5.41 Å². The van der Waals surface area contributed by atoms with E-state index in [1.165, 1.54) is 0 Å². The molecule has 0 unspecified atom stereocenters. The monoisotopic (exact) mass is 256 g/mol. The van der Waals surface area contributed by atoms with Crippen molar-refractivity contribution in [1.82, 2.24) is 0 Å². The highest BCUT2D eigenvalue weighted by molar-refractivity contribution is 9.11. The fourth-order valence-corrected chi connectivity index (χ4v) is 1.21. The summed E-state index contributed by atoms with van der Waals surface area (Å²) < 4.78 is 0.934. The molecule has 14 heavy (non-hydrogen) atoms. The Labute approximate surface area is 94.7 Å². The van der Waals surface area contributed by atoms with Crippen LogP contribution in [0.15, 0.2) is 34.9 Å². The van der Waals surface area contributed by atoms with Crippen molar-refractivity contribution in [2.45, 2.75) is 27.7 Å². The van der Waals surface area contributed by atoms with E-state index in [1.54, 1.807) is 12.2 Å². The highest BCUT2D eigenvalue weighted by Gasteiger charge is 2.23. The second kappa shape index (κ2) is 5.30. The second-order valence-electron chi connectivity index (χ2n) is 4.17. The largest absolute Gasteiger partial charge is 0.294 e. The van der Waals surface area contributed by atoms with Gasteiger partial charge in [0.05, 0.1) is 0 Å². The van der Waals surface area contributed by atoms with Crippen molar-refractivity contribution < 1.29 is 4.79 Å². The van der Waals surface area contributed by atoms with Crippen LogP contribution in [0.3, 0.4) is 0 Å². The average Bonchev–Trinajstić information content (AvgIpc) is 2.00. The van der Waals surface area contributed by atoms with E-state index in [2.05, 4.69) is 22.5 Å². The van der Waals surface area contributed by atoms with Crippen molar-refractivity contribution in [2.24, 2.45) is 5.41 Å².